The number of rotatable bonds is 9. The average molecular weight is 619 g/mol. The van der Waals surface area contributed by atoms with E-state index < -0.39 is 18.3 Å². The van der Waals surface area contributed by atoms with Gasteiger partial charge in [0, 0.05) is 37.7 Å². The van der Waals surface area contributed by atoms with Crippen LogP contribution in [0.3, 0.4) is 0 Å². The number of piperidine rings is 1. The van der Waals surface area contributed by atoms with Gasteiger partial charge in [0.25, 0.3) is 0 Å². The lowest BCUT2D eigenvalue weighted by atomic mass is 10.0. The van der Waals surface area contributed by atoms with E-state index in [1.807, 2.05) is 95.5 Å². The standard InChI is InChI=1S/C36H34N4O6/c1-43-17-18-44-28-13-16-40-30(21-37-34(40)20-28)29-12-11-26-7-4-8-33(35(26)38-29)46-32-14-15-39(22-31(32)41)36(42)45-23-24-9-10-25-5-2-3-6-27(25)19-24/h2-13,16,19-21,31-32,41H,14-15,17-18,22-23H2,1H3/t31-,32+/m1/s1. The molecule has 0 aliphatic carbocycles. The van der Waals surface area contributed by atoms with E-state index in [0.717, 1.165) is 38.8 Å². The van der Waals surface area contributed by atoms with Crippen molar-refractivity contribution in [2.75, 3.05) is 33.4 Å². The number of hydrogen-bond donors (Lipinski definition) is 1. The first kappa shape index (κ1) is 29.5. The second-order valence-corrected chi connectivity index (χ2v) is 11.3. The normalized spacial score (nSPS) is 16.6. The summed E-state index contributed by atoms with van der Waals surface area (Å²) in [5.41, 5.74) is 3.88. The third kappa shape index (κ3) is 6.17. The molecule has 1 aliphatic rings. The molecule has 0 radical (unpaired) electrons. The summed E-state index contributed by atoms with van der Waals surface area (Å²) in [6, 6.07) is 27.5. The number of carbonyl (C=O) groups excluding carboxylic acids is 1. The molecule has 10 nitrogen and oxygen atoms in total. The van der Waals surface area contributed by atoms with Crippen molar-refractivity contribution in [1.29, 1.82) is 0 Å². The van der Waals surface area contributed by atoms with Gasteiger partial charge in [-0.3, -0.25) is 4.40 Å². The van der Waals surface area contributed by atoms with Gasteiger partial charge in [0.1, 0.15) is 48.1 Å². The molecule has 0 unspecified atom stereocenters. The molecule has 4 heterocycles. The van der Waals surface area contributed by atoms with E-state index in [-0.39, 0.29) is 13.2 Å². The summed E-state index contributed by atoms with van der Waals surface area (Å²) in [6.45, 7) is 1.64. The number of β-amino-alcohol motifs (C(OH)–C–C–N with tert-alkyl or cyclic N) is 1. The minimum atomic E-state index is -0.889. The molecule has 3 aromatic heterocycles. The Kier molecular flexibility index (Phi) is 8.37. The molecule has 46 heavy (non-hydrogen) atoms. The first-order valence-electron chi connectivity index (χ1n) is 15.3. The Labute approximate surface area is 265 Å². The lowest BCUT2D eigenvalue weighted by molar-refractivity contribution is -0.0247. The Morgan fingerprint density at radius 2 is 1.80 bits per heavy atom. The van der Waals surface area contributed by atoms with Crippen molar-refractivity contribution in [2.45, 2.75) is 25.2 Å². The molecule has 1 saturated heterocycles. The van der Waals surface area contributed by atoms with Crippen molar-refractivity contribution in [3.63, 3.8) is 0 Å². The molecule has 6 aromatic rings. The average Bonchev–Trinajstić information content (AvgIpc) is 3.51. The van der Waals surface area contributed by atoms with Crippen LogP contribution in [-0.4, -0.2) is 76.1 Å². The molecule has 2 atom stereocenters. The van der Waals surface area contributed by atoms with Crippen LogP contribution in [0.1, 0.15) is 12.0 Å². The predicted molar refractivity (Wildman–Crippen MR) is 174 cm³/mol. The van der Waals surface area contributed by atoms with Crippen LogP contribution in [-0.2, 0) is 16.1 Å². The summed E-state index contributed by atoms with van der Waals surface area (Å²) < 4.78 is 24.7. The molecule has 10 heteroatoms. The number of imidazole rings is 1. The second kappa shape index (κ2) is 13.0. The molecule has 0 saturated carbocycles. The minimum Gasteiger partial charge on any atom is -0.491 e. The summed E-state index contributed by atoms with van der Waals surface area (Å²) in [6.07, 6.45) is 2.29. The summed E-state index contributed by atoms with van der Waals surface area (Å²) in [4.78, 5) is 23.9. The number of pyridine rings is 2. The zero-order chi connectivity index (χ0) is 31.5. The van der Waals surface area contributed by atoms with Crippen LogP contribution in [0.4, 0.5) is 4.79 Å². The third-order valence-corrected chi connectivity index (χ3v) is 8.22. The maximum atomic E-state index is 12.9. The summed E-state index contributed by atoms with van der Waals surface area (Å²) in [7, 11) is 1.64. The van der Waals surface area contributed by atoms with Crippen LogP contribution in [0.2, 0.25) is 0 Å². The highest BCUT2D eigenvalue weighted by Crippen LogP contribution is 2.30. The molecule has 3 aromatic carbocycles. The van der Waals surface area contributed by atoms with Crippen LogP contribution in [0, 0.1) is 0 Å². The van der Waals surface area contributed by atoms with E-state index in [4.69, 9.17) is 23.9 Å². The molecular formula is C36H34N4O6. The highest BCUT2D eigenvalue weighted by atomic mass is 16.6. The van der Waals surface area contributed by atoms with Crippen LogP contribution in [0.25, 0.3) is 38.7 Å². The van der Waals surface area contributed by atoms with Crippen molar-refractivity contribution in [2.24, 2.45) is 0 Å². The number of benzene rings is 3. The van der Waals surface area contributed by atoms with Gasteiger partial charge >= 0.3 is 6.09 Å². The molecular weight excluding hydrogens is 584 g/mol. The van der Waals surface area contributed by atoms with Gasteiger partial charge < -0.3 is 29.0 Å². The largest absolute Gasteiger partial charge is 0.491 e. The van der Waals surface area contributed by atoms with Crippen molar-refractivity contribution in [3.8, 4) is 22.9 Å². The highest BCUT2D eigenvalue weighted by Gasteiger charge is 2.33. The van der Waals surface area contributed by atoms with Crippen molar-refractivity contribution < 1.29 is 28.8 Å². The summed E-state index contributed by atoms with van der Waals surface area (Å²) in [5, 5.41) is 14.2. The van der Waals surface area contributed by atoms with Crippen LogP contribution in [0.5, 0.6) is 11.5 Å². The lowest BCUT2D eigenvalue weighted by Gasteiger charge is -2.35. The first-order chi connectivity index (χ1) is 22.6. The maximum Gasteiger partial charge on any atom is 0.410 e. The number of nitrogens with zero attached hydrogens (tertiary/aromatic N) is 4. The van der Waals surface area contributed by atoms with E-state index in [1.54, 1.807) is 13.3 Å². The van der Waals surface area contributed by atoms with Gasteiger partial charge in [-0.1, -0.05) is 54.6 Å². The lowest BCUT2D eigenvalue weighted by Crippen LogP contribution is -2.51. The number of amides is 1. The fourth-order valence-corrected chi connectivity index (χ4v) is 5.78. The number of hydrogen-bond acceptors (Lipinski definition) is 8. The number of fused-ring (bicyclic) bond motifs is 3. The number of ether oxygens (including phenoxy) is 4. The van der Waals surface area contributed by atoms with E-state index in [1.165, 1.54) is 4.90 Å². The van der Waals surface area contributed by atoms with Gasteiger partial charge in [-0.15, -0.1) is 0 Å². The second-order valence-electron chi connectivity index (χ2n) is 11.3. The number of likely N-dealkylation sites (tertiary alicyclic amines) is 1. The Hall–Kier alpha value is -5.19. The van der Waals surface area contributed by atoms with E-state index in [0.29, 0.717) is 43.2 Å². The Morgan fingerprint density at radius 1 is 0.957 bits per heavy atom. The number of methoxy groups -OCH3 is 1. The molecule has 1 aliphatic heterocycles. The molecule has 0 bridgehead atoms. The fraction of sp³-hybridized carbons (Fsp3) is 0.250. The number of para-hydroxylation sites is 1. The zero-order valence-electron chi connectivity index (χ0n) is 25.4. The highest BCUT2D eigenvalue weighted by molar-refractivity contribution is 5.87. The van der Waals surface area contributed by atoms with Gasteiger partial charge in [0.05, 0.1) is 30.7 Å². The van der Waals surface area contributed by atoms with E-state index in [2.05, 4.69) is 4.98 Å². The molecule has 7 rings (SSSR count). The van der Waals surface area contributed by atoms with Crippen LogP contribution in [0.15, 0.2) is 97.3 Å². The molecule has 1 amide bonds. The zero-order valence-corrected chi connectivity index (χ0v) is 25.4. The Morgan fingerprint density at radius 3 is 2.67 bits per heavy atom. The minimum absolute atomic E-state index is 0.115. The predicted octanol–water partition coefficient (Wildman–Crippen LogP) is 5.88. The SMILES string of the molecule is COCCOc1ccn2c(-c3ccc4cccc(O[C@H]5CCN(C(=O)OCc6ccc7ccccc7c6)C[C@H]5O)c4n3)cnc2c1. The molecule has 234 valence electrons. The number of aromatic nitrogens is 3. The third-order valence-electron chi connectivity index (χ3n) is 8.22. The Bertz CT molecular complexity index is 2010. The monoisotopic (exact) mass is 618 g/mol. The number of aliphatic hydroxyl groups is 1. The number of carbonyl (C=O) groups is 1. The van der Waals surface area contributed by atoms with Crippen LogP contribution >= 0.6 is 0 Å². The number of aliphatic hydroxyl groups excluding tert-OH is 1. The van der Waals surface area contributed by atoms with Gasteiger partial charge in [-0.25, -0.2) is 14.8 Å². The summed E-state index contributed by atoms with van der Waals surface area (Å²) >= 11 is 0. The van der Waals surface area contributed by atoms with Crippen molar-refractivity contribution >= 4 is 33.4 Å². The Balaban J connectivity index is 1.02. The van der Waals surface area contributed by atoms with Gasteiger partial charge in [0.2, 0.25) is 0 Å². The van der Waals surface area contributed by atoms with Gasteiger partial charge in [-0.2, -0.15) is 0 Å². The first-order valence-corrected chi connectivity index (χ1v) is 15.3. The van der Waals surface area contributed by atoms with Gasteiger partial charge in [-0.05, 0) is 40.6 Å². The molecule has 1 N–H and O–H groups in total. The van der Waals surface area contributed by atoms with Crippen molar-refractivity contribution in [3.05, 3.63) is 103 Å². The van der Waals surface area contributed by atoms with Crippen molar-refractivity contribution in [1.82, 2.24) is 19.3 Å². The topological polar surface area (TPSA) is 108 Å². The summed E-state index contributed by atoms with van der Waals surface area (Å²) in [5.74, 6) is 1.28. The molecule has 0 spiro atoms. The van der Waals surface area contributed by atoms with E-state index >= 15 is 0 Å². The maximum absolute atomic E-state index is 12.9. The van der Waals surface area contributed by atoms with Crippen LogP contribution < -0.4 is 9.47 Å². The van der Waals surface area contributed by atoms with E-state index in [9.17, 15) is 9.90 Å². The fourth-order valence-electron chi connectivity index (χ4n) is 5.78. The van der Waals surface area contributed by atoms with Gasteiger partial charge in [0.15, 0.2) is 0 Å². The quantitative estimate of drug-likeness (QED) is 0.200. The molecule has 1 fully saturated rings. The smallest absolute Gasteiger partial charge is 0.410 e.